The van der Waals surface area contributed by atoms with E-state index < -0.39 is 11.6 Å². The molecule has 1 rings (SSSR count). The van der Waals surface area contributed by atoms with Crippen LogP contribution >= 0.6 is 0 Å². The van der Waals surface area contributed by atoms with E-state index in [9.17, 15) is 8.78 Å². The van der Waals surface area contributed by atoms with Crippen LogP contribution in [0, 0.1) is 11.6 Å². The summed E-state index contributed by atoms with van der Waals surface area (Å²) in [5.41, 5.74) is 0.788. The maximum absolute atomic E-state index is 13.3. The van der Waals surface area contributed by atoms with Crippen LogP contribution in [0.3, 0.4) is 0 Å². The van der Waals surface area contributed by atoms with Crippen LogP contribution in [0.25, 0.3) is 0 Å². The molecule has 0 heterocycles. The van der Waals surface area contributed by atoms with Crippen molar-refractivity contribution in [2.45, 2.75) is 52.2 Å². The van der Waals surface area contributed by atoms with Crippen molar-refractivity contribution in [3.05, 3.63) is 35.4 Å². The summed E-state index contributed by atoms with van der Waals surface area (Å²) in [6.07, 6.45) is 2.63. The van der Waals surface area contributed by atoms with Gasteiger partial charge < -0.3 is 10.1 Å². The van der Waals surface area contributed by atoms with Gasteiger partial charge >= 0.3 is 0 Å². The lowest BCUT2D eigenvalue weighted by molar-refractivity contribution is 0.0319. The second kappa shape index (κ2) is 9.03. The quantitative estimate of drug-likeness (QED) is 0.747. The SMILES string of the molecule is CCCNC(Cc1ccc(F)c(F)c1)C(CC)OCC. The van der Waals surface area contributed by atoms with Crippen molar-refractivity contribution >= 4 is 0 Å². The maximum atomic E-state index is 13.3. The molecule has 1 aromatic rings. The number of ether oxygens (including phenoxy) is 1. The van der Waals surface area contributed by atoms with E-state index >= 15 is 0 Å². The van der Waals surface area contributed by atoms with Crippen molar-refractivity contribution in [2.24, 2.45) is 0 Å². The third-order valence-electron chi connectivity index (χ3n) is 3.33. The Morgan fingerprint density at radius 2 is 1.90 bits per heavy atom. The average molecular weight is 285 g/mol. The van der Waals surface area contributed by atoms with Gasteiger partial charge in [0, 0.05) is 12.6 Å². The first-order valence-corrected chi connectivity index (χ1v) is 7.41. The largest absolute Gasteiger partial charge is 0.377 e. The summed E-state index contributed by atoms with van der Waals surface area (Å²) in [5.74, 6) is -1.59. The highest BCUT2D eigenvalue weighted by atomic mass is 19.2. The lowest BCUT2D eigenvalue weighted by atomic mass is 9.99. The van der Waals surface area contributed by atoms with Crippen molar-refractivity contribution in [3.8, 4) is 0 Å². The number of hydrogen-bond donors (Lipinski definition) is 1. The number of rotatable bonds is 9. The molecule has 0 fully saturated rings. The molecule has 0 bridgehead atoms. The van der Waals surface area contributed by atoms with Crippen LogP contribution in [0.2, 0.25) is 0 Å². The summed E-state index contributed by atoms with van der Waals surface area (Å²) in [5, 5.41) is 3.45. The molecule has 114 valence electrons. The molecular formula is C16H25F2NO. The highest BCUT2D eigenvalue weighted by Gasteiger charge is 2.20. The van der Waals surface area contributed by atoms with E-state index in [0.717, 1.165) is 24.9 Å². The van der Waals surface area contributed by atoms with Crippen LogP contribution in [0.4, 0.5) is 8.78 Å². The second-order valence-corrected chi connectivity index (χ2v) is 4.92. The van der Waals surface area contributed by atoms with E-state index in [4.69, 9.17) is 4.74 Å². The molecule has 0 aliphatic heterocycles. The van der Waals surface area contributed by atoms with E-state index in [1.54, 1.807) is 6.07 Å². The molecule has 0 aliphatic rings. The molecule has 20 heavy (non-hydrogen) atoms. The molecule has 1 aromatic carbocycles. The number of nitrogens with one attached hydrogen (secondary N) is 1. The van der Waals surface area contributed by atoms with Gasteiger partial charge in [-0.1, -0.05) is 19.9 Å². The van der Waals surface area contributed by atoms with Crippen LogP contribution in [-0.2, 0) is 11.2 Å². The summed E-state index contributed by atoms with van der Waals surface area (Å²) < 4.78 is 32.0. The van der Waals surface area contributed by atoms with Crippen LogP contribution < -0.4 is 5.32 Å². The Balaban J connectivity index is 2.78. The first-order valence-electron chi connectivity index (χ1n) is 7.41. The number of benzene rings is 1. The Morgan fingerprint density at radius 1 is 1.15 bits per heavy atom. The van der Waals surface area contributed by atoms with Gasteiger partial charge in [0.2, 0.25) is 0 Å². The minimum absolute atomic E-state index is 0.0830. The van der Waals surface area contributed by atoms with Crippen molar-refractivity contribution in [1.29, 1.82) is 0 Å². The molecule has 4 heteroatoms. The Bertz CT molecular complexity index is 398. The first kappa shape index (κ1) is 17.1. The molecule has 2 nitrogen and oxygen atoms in total. The van der Waals surface area contributed by atoms with Crippen molar-refractivity contribution in [3.63, 3.8) is 0 Å². The molecule has 1 N–H and O–H groups in total. The zero-order chi connectivity index (χ0) is 15.0. The highest BCUT2D eigenvalue weighted by molar-refractivity contribution is 5.19. The molecule has 2 unspecified atom stereocenters. The van der Waals surface area contributed by atoms with Crippen LogP contribution in [0.5, 0.6) is 0 Å². The highest BCUT2D eigenvalue weighted by Crippen LogP contribution is 2.14. The van der Waals surface area contributed by atoms with Crippen molar-refractivity contribution in [2.75, 3.05) is 13.2 Å². The Hall–Kier alpha value is -1.00. The van der Waals surface area contributed by atoms with Gasteiger partial charge in [-0.3, -0.25) is 0 Å². The minimum Gasteiger partial charge on any atom is -0.377 e. The van der Waals surface area contributed by atoms with Crippen LogP contribution in [0.15, 0.2) is 18.2 Å². The summed E-state index contributed by atoms with van der Waals surface area (Å²) in [6, 6.07) is 4.21. The van der Waals surface area contributed by atoms with Gasteiger partial charge in [0.1, 0.15) is 0 Å². The fraction of sp³-hybridized carbons (Fsp3) is 0.625. The van der Waals surface area contributed by atoms with Gasteiger partial charge in [-0.05, 0) is 50.4 Å². The van der Waals surface area contributed by atoms with Gasteiger partial charge in [-0.15, -0.1) is 0 Å². The smallest absolute Gasteiger partial charge is 0.159 e. The topological polar surface area (TPSA) is 21.3 Å². The van der Waals surface area contributed by atoms with Gasteiger partial charge in [0.15, 0.2) is 11.6 Å². The van der Waals surface area contributed by atoms with Gasteiger partial charge in [-0.2, -0.15) is 0 Å². The van der Waals surface area contributed by atoms with E-state index in [-0.39, 0.29) is 12.1 Å². The molecule has 0 amide bonds. The average Bonchev–Trinajstić information content (AvgIpc) is 2.45. The summed E-state index contributed by atoms with van der Waals surface area (Å²) in [4.78, 5) is 0. The van der Waals surface area contributed by atoms with E-state index in [0.29, 0.717) is 13.0 Å². The van der Waals surface area contributed by atoms with Gasteiger partial charge in [0.05, 0.1) is 6.10 Å². The molecule has 0 saturated carbocycles. The first-order chi connectivity index (χ1) is 9.62. The van der Waals surface area contributed by atoms with Crippen LogP contribution in [0.1, 0.15) is 39.2 Å². The second-order valence-electron chi connectivity index (χ2n) is 4.92. The summed E-state index contributed by atoms with van der Waals surface area (Å²) >= 11 is 0. The predicted octanol–water partition coefficient (Wildman–Crippen LogP) is 3.69. The Kier molecular flexibility index (Phi) is 7.70. The number of halogens is 2. The fourth-order valence-corrected chi connectivity index (χ4v) is 2.32. The van der Waals surface area contributed by atoms with E-state index in [2.05, 4.69) is 19.2 Å². The normalized spacial score (nSPS) is 14.2. The third-order valence-corrected chi connectivity index (χ3v) is 3.33. The molecule has 0 radical (unpaired) electrons. The van der Waals surface area contributed by atoms with Gasteiger partial charge in [0.25, 0.3) is 0 Å². The number of hydrogen-bond acceptors (Lipinski definition) is 2. The lowest BCUT2D eigenvalue weighted by Gasteiger charge is -2.27. The zero-order valence-corrected chi connectivity index (χ0v) is 12.6. The minimum atomic E-state index is -0.802. The third kappa shape index (κ3) is 5.17. The molecular weight excluding hydrogens is 260 g/mol. The van der Waals surface area contributed by atoms with Crippen molar-refractivity contribution in [1.82, 2.24) is 5.32 Å². The zero-order valence-electron chi connectivity index (χ0n) is 12.6. The molecule has 0 spiro atoms. The summed E-state index contributed by atoms with van der Waals surface area (Å²) in [7, 11) is 0. The van der Waals surface area contributed by atoms with E-state index in [1.807, 2.05) is 6.92 Å². The molecule has 0 aliphatic carbocycles. The molecule has 0 aromatic heterocycles. The Labute approximate surface area is 120 Å². The molecule has 2 atom stereocenters. The molecule has 0 saturated heterocycles. The van der Waals surface area contributed by atoms with Gasteiger partial charge in [-0.25, -0.2) is 8.78 Å². The maximum Gasteiger partial charge on any atom is 0.159 e. The predicted molar refractivity (Wildman–Crippen MR) is 77.8 cm³/mol. The Morgan fingerprint density at radius 3 is 2.45 bits per heavy atom. The van der Waals surface area contributed by atoms with Crippen LogP contribution in [-0.4, -0.2) is 25.3 Å². The van der Waals surface area contributed by atoms with Crippen molar-refractivity contribution < 1.29 is 13.5 Å². The fourth-order valence-electron chi connectivity index (χ4n) is 2.32. The summed E-state index contributed by atoms with van der Waals surface area (Å²) in [6.45, 7) is 7.69. The monoisotopic (exact) mass is 285 g/mol. The standard InChI is InChI=1S/C16H25F2NO/c1-4-9-19-15(16(5-2)20-6-3)11-12-7-8-13(17)14(18)10-12/h7-8,10,15-16,19H,4-6,9,11H2,1-3H3. The lowest BCUT2D eigenvalue weighted by Crippen LogP contribution is -2.43. The van der Waals surface area contributed by atoms with E-state index in [1.165, 1.54) is 12.1 Å².